The minimum atomic E-state index is -0.203. The molecule has 0 atom stereocenters. The van der Waals surface area contributed by atoms with Gasteiger partial charge in [0.05, 0.1) is 5.88 Å². The zero-order valence-corrected chi connectivity index (χ0v) is 9.46. The standard InChI is InChI=1S/C10H9ClN2OS/c11-6-10(14)13(8-15-7-12)9-4-2-1-3-5-9/h1-5H,6,8H2. The largest absolute Gasteiger partial charge is 0.301 e. The quantitative estimate of drug-likeness (QED) is 0.461. The van der Waals surface area contributed by atoms with Gasteiger partial charge in [0, 0.05) is 5.69 Å². The fraction of sp³-hybridized carbons (Fsp3) is 0.200. The van der Waals surface area contributed by atoms with E-state index in [1.54, 1.807) is 0 Å². The molecule has 15 heavy (non-hydrogen) atoms. The molecule has 0 aliphatic carbocycles. The molecule has 0 radical (unpaired) electrons. The zero-order chi connectivity index (χ0) is 11.1. The molecule has 0 saturated carbocycles. The van der Waals surface area contributed by atoms with Gasteiger partial charge in [0.1, 0.15) is 11.3 Å². The second kappa shape index (κ2) is 6.33. The van der Waals surface area contributed by atoms with Crippen molar-refractivity contribution in [1.29, 1.82) is 5.26 Å². The van der Waals surface area contributed by atoms with Gasteiger partial charge in [-0.15, -0.1) is 11.6 Å². The van der Waals surface area contributed by atoms with Crippen molar-refractivity contribution in [2.24, 2.45) is 0 Å². The Morgan fingerprint density at radius 3 is 2.67 bits per heavy atom. The number of hydrogen-bond donors (Lipinski definition) is 0. The number of hydrogen-bond acceptors (Lipinski definition) is 3. The highest BCUT2D eigenvalue weighted by Gasteiger charge is 2.13. The van der Waals surface area contributed by atoms with E-state index in [9.17, 15) is 4.79 Å². The van der Waals surface area contributed by atoms with E-state index >= 15 is 0 Å². The van der Waals surface area contributed by atoms with Crippen molar-refractivity contribution in [2.45, 2.75) is 0 Å². The summed E-state index contributed by atoms with van der Waals surface area (Å²) < 4.78 is 0. The summed E-state index contributed by atoms with van der Waals surface area (Å²) in [4.78, 5) is 13.0. The van der Waals surface area contributed by atoms with E-state index in [1.165, 1.54) is 4.90 Å². The molecule has 3 nitrogen and oxygen atoms in total. The molecule has 0 aromatic heterocycles. The average Bonchev–Trinajstić information content (AvgIpc) is 2.30. The van der Waals surface area contributed by atoms with Crippen LogP contribution in [0.4, 0.5) is 5.69 Å². The van der Waals surface area contributed by atoms with Crippen LogP contribution in [-0.2, 0) is 4.79 Å². The molecular weight excluding hydrogens is 232 g/mol. The zero-order valence-electron chi connectivity index (χ0n) is 7.89. The van der Waals surface area contributed by atoms with Gasteiger partial charge < -0.3 is 4.90 Å². The van der Waals surface area contributed by atoms with Crippen molar-refractivity contribution in [3.05, 3.63) is 30.3 Å². The smallest absolute Gasteiger partial charge is 0.242 e. The SMILES string of the molecule is N#CSCN(C(=O)CCl)c1ccccc1. The molecule has 0 aliphatic rings. The first-order chi connectivity index (χ1) is 7.29. The Labute approximate surface area is 97.6 Å². The molecule has 0 fully saturated rings. The molecule has 1 aromatic rings. The number of para-hydroxylation sites is 1. The number of thiocyanates is 1. The second-order valence-corrected chi connectivity index (χ2v) is 3.65. The maximum Gasteiger partial charge on any atom is 0.242 e. The summed E-state index contributed by atoms with van der Waals surface area (Å²) >= 11 is 6.50. The van der Waals surface area contributed by atoms with E-state index in [-0.39, 0.29) is 11.8 Å². The monoisotopic (exact) mass is 240 g/mol. The summed E-state index contributed by atoms with van der Waals surface area (Å²) in [6.07, 6.45) is 0. The van der Waals surface area contributed by atoms with Crippen LogP contribution in [0.5, 0.6) is 0 Å². The first-order valence-electron chi connectivity index (χ1n) is 4.22. The number of benzene rings is 1. The number of carbonyl (C=O) groups is 1. The lowest BCUT2D eigenvalue weighted by Gasteiger charge is -2.19. The molecule has 0 bridgehead atoms. The van der Waals surface area contributed by atoms with E-state index in [4.69, 9.17) is 16.9 Å². The number of anilines is 1. The Morgan fingerprint density at radius 1 is 1.47 bits per heavy atom. The van der Waals surface area contributed by atoms with Gasteiger partial charge in [-0.05, 0) is 23.9 Å². The van der Waals surface area contributed by atoms with Gasteiger partial charge in [-0.2, -0.15) is 5.26 Å². The van der Waals surface area contributed by atoms with Crippen molar-refractivity contribution in [2.75, 3.05) is 16.7 Å². The summed E-state index contributed by atoms with van der Waals surface area (Å²) in [6, 6.07) is 9.15. The topological polar surface area (TPSA) is 44.1 Å². The molecule has 0 aliphatic heterocycles. The number of rotatable bonds is 4. The van der Waals surface area contributed by atoms with Crippen molar-refractivity contribution in [3.8, 4) is 5.40 Å². The lowest BCUT2D eigenvalue weighted by atomic mass is 10.3. The predicted molar refractivity (Wildman–Crippen MR) is 62.7 cm³/mol. The predicted octanol–water partition coefficient (Wildman–Crippen LogP) is 2.43. The molecule has 0 saturated heterocycles. The van der Waals surface area contributed by atoms with E-state index in [0.717, 1.165) is 17.4 Å². The summed E-state index contributed by atoms with van der Waals surface area (Å²) in [6.45, 7) is 0. The summed E-state index contributed by atoms with van der Waals surface area (Å²) in [5.74, 6) is 0.0121. The van der Waals surface area contributed by atoms with Crippen LogP contribution < -0.4 is 4.90 Å². The molecule has 0 heterocycles. The molecule has 1 aromatic carbocycles. The molecule has 1 amide bonds. The van der Waals surface area contributed by atoms with Crippen LogP contribution in [-0.4, -0.2) is 17.7 Å². The first-order valence-corrected chi connectivity index (χ1v) is 5.74. The summed E-state index contributed by atoms with van der Waals surface area (Å²) in [5, 5.41) is 10.4. The van der Waals surface area contributed by atoms with Crippen LogP contribution in [0.2, 0.25) is 0 Å². The van der Waals surface area contributed by atoms with Gasteiger partial charge >= 0.3 is 0 Å². The number of nitrogens with zero attached hydrogens (tertiary/aromatic N) is 2. The lowest BCUT2D eigenvalue weighted by molar-refractivity contribution is -0.116. The number of alkyl halides is 1. The van der Waals surface area contributed by atoms with Crippen LogP contribution in [0, 0.1) is 10.7 Å². The number of carbonyl (C=O) groups excluding carboxylic acids is 1. The highest BCUT2D eigenvalue weighted by Crippen LogP contribution is 2.16. The average molecular weight is 241 g/mol. The highest BCUT2D eigenvalue weighted by molar-refractivity contribution is 8.03. The molecule has 1 rings (SSSR count). The molecule has 0 spiro atoms. The van der Waals surface area contributed by atoms with Crippen LogP contribution in [0.15, 0.2) is 30.3 Å². The number of thioether (sulfide) groups is 1. The van der Waals surface area contributed by atoms with E-state index in [0.29, 0.717) is 5.88 Å². The fourth-order valence-electron chi connectivity index (χ4n) is 1.06. The summed E-state index contributed by atoms with van der Waals surface area (Å²) in [5.41, 5.74) is 0.755. The van der Waals surface area contributed by atoms with Gasteiger partial charge in [-0.3, -0.25) is 4.79 Å². The Kier molecular flexibility index (Phi) is 5.02. The summed E-state index contributed by atoms with van der Waals surface area (Å²) in [7, 11) is 0. The van der Waals surface area contributed by atoms with E-state index in [1.807, 2.05) is 35.7 Å². The number of nitriles is 1. The van der Waals surface area contributed by atoms with Gasteiger partial charge in [0.15, 0.2) is 0 Å². The second-order valence-electron chi connectivity index (χ2n) is 2.66. The van der Waals surface area contributed by atoms with Crippen molar-refractivity contribution in [3.63, 3.8) is 0 Å². The fourth-order valence-corrected chi connectivity index (χ4v) is 1.69. The number of amides is 1. The lowest BCUT2D eigenvalue weighted by Crippen LogP contribution is -2.31. The van der Waals surface area contributed by atoms with Crippen LogP contribution in [0.1, 0.15) is 0 Å². The van der Waals surface area contributed by atoms with Crippen LogP contribution >= 0.6 is 23.4 Å². The van der Waals surface area contributed by atoms with Crippen molar-refractivity contribution >= 4 is 35.0 Å². The minimum absolute atomic E-state index is 0.0825. The highest BCUT2D eigenvalue weighted by atomic mass is 35.5. The van der Waals surface area contributed by atoms with Gasteiger partial charge in [-0.25, -0.2) is 0 Å². The Balaban J connectivity index is 2.82. The molecule has 5 heteroatoms. The van der Waals surface area contributed by atoms with E-state index in [2.05, 4.69) is 0 Å². The number of halogens is 1. The molecule has 0 N–H and O–H groups in total. The third-order valence-corrected chi connectivity index (χ3v) is 2.49. The van der Waals surface area contributed by atoms with Crippen molar-refractivity contribution in [1.82, 2.24) is 0 Å². The van der Waals surface area contributed by atoms with Crippen LogP contribution in [0.25, 0.3) is 0 Å². The van der Waals surface area contributed by atoms with Gasteiger partial charge in [0.2, 0.25) is 5.91 Å². The van der Waals surface area contributed by atoms with Crippen molar-refractivity contribution < 1.29 is 4.79 Å². The maximum atomic E-state index is 11.5. The third-order valence-electron chi connectivity index (χ3n) is 1.74. The normalized spacial score (nSPS) is 9.33. The van der Waals surface area contributed by atoms with Gasteiger partial charge in [-0.1, -0.05) is 18.2 Å². The third kappa shape index (κ3) is 3.46. The minimum Gasteiger partial charge on any atom is -0.301 e. The maximum absolute atomic E-state index is 11.5. The van der Waals surface area contributed by atoms with Gasteiger partial charge in [0.25, 0.3) is 0 Å². The molecule has 78 valence electrons. The molecular formula is C10H9ClN2OS. The Bertz CT molecular complexity index is 363. The molecule has 0 unspecified atom stereocenters. The Morgan fingerprint density at radius 2 is 2.13 bits per heavy atom. The Hall–Kier alpha value is -1.18. The van der Waals surface area contributed by atoms with Crippen LogP contribution in [0.3, 0.4) is 0 Å². The van der Waals surface area contributed by atoms with E-state index < -0.39 is 0 Å². The first kappa shape index (κ1) is 11.9.